The predicted molar refractivity (Wildman–Crippen MR) is 198 cm³/mol. The smallest absolute Gasteiger partial charge is 0.0462 e. The Balaban J connectivity index is 3.02. The summed E-state index contributed by atoms with van der Waals surface area (Å²) in [6.07, 6.45) is 57.3. The highest BCUT2D eigenvalue weighted by molar-refractivity contribution is 4.53. The van der Waals surface area contributed by atoms with E-state index >= 15 is 0 Å². The predicted octanol–water partition coefficient (Wildman–Crippen LogP) is 15.9. The van der Waals surface area contributed by atoms with E-state index in [0.29, 0.717) is 0 Å². The van der Waals surface area contributed by atoms with Gasteiger partial charge in [0.2, 0.25) is 0 Å². The van der Waals surface area contributed by atoms with Crippen LogP contribution in [0.2, 0.25) is 0 Å². The fourth-order valence-corrected chi connectivity index (χ4v) is 6.86. The van der Waals surface area contributed by atoms with E-state index in [9.17, 15) is 0 Å². The molecule has 43 heavy (non-hydrogen) atoms. The first kappa shape index (κ1) is 43.0. The second-order valence-electron chi connectivity index (χ2n) is 14.4. The molecule has 0 aromatic carbocycles. The Morgan fingerprint density at radius 2 is 0.349 bits per heavy atom. The van der Waals surface area contributed by atoms with Crippen LogP contribution in [0.5, 0.6) is 0 Å². The van der Waals surface area contributed by atoms with Crippen LogP contribution >= 0.6 is 0 Å². The van der Waals surface area contributed by atoms with Crippen LogP contribution in [0.15, 0.2) is 0 Å². The van der Waals surface area contributed by atoms with Crippen LogP contribution in [0.1, 0.15) is 257 Å². The maximum Gasteiger partial charge on any atom is 0.0462 e. The van der Waals surface area contributed by atoms with Crippen LogP contribution < -0.4 is 0 Å². The van der Waals surface area contributed by atoms with Crippen LogP contribution in [0.25, 0.3) is 0 Å². The van der Waals surface area contributed by atoms with Gasteiger partial charge in [0.1, 0.15) is 0 Å². The Labute approximate surface area is 275 Å². The SMILES string of the molecule is CCCCCCCCCCCCCCCCCCCCCCCCCCCCCCCCCCCCCCCCCOC. The molecule has 0 aromatic rings. The van der Waals surface area contributed by atoms with E-state index < -0.39 is 0 Å². The summed E-state index contributed by atoms with van der Waals surface area (Å²) in [5.41, 5.74) is 0. The van der Waals surface area contributed by atoms with Crippen molar-refractivity contribution in [2.24, 2.45) is 0 Å². The quantitative estimate of drug-likeness (QED) is 0.0630. The third kappa shape index (κ3) is 42.0. The van der Waals surface area contributed by atoms with E-state index in [1.54, 1.807) is 0 Å². The lowest BCUT2D eigenvalue weighted by molar-refractivity contribution is 0.192. The maximum atomic E-state index is 5.12. The molecule has 0 aliphatic heterocycles. The van der Waals surface area contributed by atoms with Crippen molar-refractivity contribution < 1.29 is 4.74 Å². The molecule has 0 unspecified atom stereocenters. The molecule has 0 heterocycles. The van der Waals surface area contributed by atoms with Gasteiger partial charge in [0.15, 0.2) is 0 Å². The first-order chi connectivity index (χ1) is 21.4. The fourth-order valence-electron chi connectivity index (χ4n) is 6.86. The zero-order valence-electron chi connectivity index (χ0n) is 30.7. The van der Waals surface area contributed by atoms with Gasteiger partial charge in [-0.1, -0.05) is 251 Å². The number of unbranched alkanes of at least 4 members (excludes halogenated alkanes) is 38. The number of hydrogen-bond donors (Lipinski definition) is 0. The first-order valence-electron chi connectivity index (χ1n) is 20.9. The molecular formula is C42H86O. The van der Waals surface area contributed by atoms with Crippen molar-refractivity contribution in [1.29, 1.82) is 0 Å². The van der Waals surface area contributed by atoms with Gasteiger partial charge in [-0.05, 0) is 6.42 Å². The second-order valence-corrected chi connectivity index (χ2v) is 14.4. The molecule has 0 aliphatic rings. The van der Waals surface area contributed by atoms with Gasteiger partial charge in [-0.25, -0.2) is 0 Å². The van der Waals surface area contributed by atoms with E-state index in [-0.39, 0.29) is 0 Å². The summed E-state index contributed by atoms with van der Waals surface area (Å²) in [6.45, 7) is 3.25. The van der Waals surface area contributed by atoms with Crippen molar-refractivity contribution in [2.45, 2.75) is 257 Å². The number of methoxy groups -OCH3 is 1. The summed E-state index contributed by atoms with van der Waals surface area (Å²) in [4.78, 5) is 0. The molecule has 0 saturated heterocycles. The van der Waals surface area contributed by atoms with E-state index in [4.69, 9.17) is 4.74 Å². The van der Waals surface area contributed by atoms with Gasteiger partial charge >= 0.3 is 0 Å². The summed E-state index contributed by atoms with van der Waals surface area (Å²) in [6, 6.07) is 0. The van der Waals surface area contributed by atoms with Crippen molar-refractivity contribution in [1.82, 2.24) is 0 Å². The minimum absolute atomic E-state index is 0.944. The average Bonchev–Trinajstić information content (AvgIpc) is 3.02. The molecule has 1 heteroatoms. The normalized spacial score (nSPS) is 11.6. The molecule has 0 rings (SSSR count). The zero-order chi connectivity index (χ0) is 31.0. The fraction of sp³-hybridized carbons (Fsp3) is 1.00. The summed E-state index contributed by atoms with van der Waals surface area (Å²) >= 11 is 0. The average molecular weight is 607 g/mol. The van der Waals surface area contributed by atoms with E-state index in [2.05, 4.69) is 6.92 Å². The van der Waals surface area contributed by atoms with Crippen molar-refractivity contribution >= 4 is 0 Å². The maximum absolute atomic E-state index is 5.12. The lowest BCUT2D eigenvalue weighted by Crippen LogP contribution is -1.88. The summed E-state index contributed by atoms with van der Waals surface area (Å²) < 4.78 is 5.12. The lowest BCUT2D eigenvalue weighted by Gasteiger charge is -2.05. The molecule has 260 valence electrons. The topological polar surface area (TPSA) is 9.23 Å². The van der Waals surface area contributed by atoms with E-state index in [0.717, 1.165) is 6.61 Å². The van der Waals surface area contributed by atoms with Crippen LogP contribution in [-0.4, -0.2) is 13.7 Å². The van der Waals surface area contributed by atoms with Crippen molar-refractivity contribution in [3.05, 3.63) is 0 Å². The summed E-state index contributed by atoms with van der Waals surface area (Å²) in [5, 5.41) is 0. The van der Waals surface area contributed by atoms with Crippen LogP contribution in [0.4, 0.5) is 0 Å². The third-order valence-corrected chi connectivity index (χ3v) is 9.95. The molecule has 0 bridgehead atoms. The lowest BCUT2D eigenvalue weighted by atomic mass is 10.0. The summed E-state index contributed by atoms with van der Waals surface area (Å²) in [5.74, 6) is 0. The zero-order valence-corrected chi connectivity index (χ0v) is 30.7. The Morgan fingerprint density at radius 1 is 0.209 bits per heavy atom. The minimum atomic E-state index is 0.944. The molecular weight excluding hydrogens is 520 g/mol. The standard InChI is InChI=1S/C42H86O/c1-3-4-5-6-7-8-9-10-11-12-13-14-15-16-17-18-19-20-21-22-23-24-25-26-27-28-29-30-31-32-33-34-35-36-37-38-39-40-41-42-43-2/h3-42H2,1-2H3. The molecule has 0 saturated carbocycles. The molecule has 0 N–H and O–H groups in total. The third-order valence-electron chi connectivity index (χ3n) is 9.95. The van der Waals surface area contributed by atoms with Crippen molar-refractivity contribution in [3.63, 3.8) is 0 Å². The Hall–Kier alpha value is -0.0400. The highest BCUT2D eigenvalue weighted by atomic mass is 16.5. The highest BCUT2D eigenvalue weighted by Gasteiger charge is 1.98. The van der Waals surface area contributed by atoms with Gasteiger partial charge < -0.3 is 4.74 Å². The molecule has 0 amide bonds. The molecule has 0 radical (unpaired) electrons. The van der Waals surface area contributed by atoms with Gasteiger partial charge in [-0.15, -0.1) is 0 Å². The van der Waals surface area contributed by atoms with Gasteiger partial charge in [0.25, 0.3) is 0 Å². The number of ether oxygens (including phenoxy) is 1. The van der Waals surface area contributed by atoms with E-state index in [1.165, 1.54) is 250 Å². The van der Waals surface area contributed by atoms with Gasteiger partial charge in [-0.3, -0.25) is 0 Å². The Kier molecular flexibility index (Phi) is 41.9. The minimum Gasteiger partial charge on any atom is -0.385 e. The summed E-state index contributed by atoms with van der Waals surface area (Å²) in [7, 11) is 1.81. The molecule has 0 aromatic heterocycles. The monoisotopic (exact) mass is 607 g/mol. The van der Waals surface area contributed by atoms with Crippen molar-refractivity contribution in [3.8, 4) is 0 Å². The molecule has 0 aliphatic carbocycles. The van der Waals surface area contributed by atoms with Crippen molar-refractivity contribution in [2.75, 3.05) is 13.7 Å². The molecule has 0 atom stereocenters. The van der Waals surface area contributed by atoms with Crippen LogP contribution in [0.3, 0.4) is 0 Å². The largest absolute Gasteiger partial charge is 0.385 e. The van der Waals surface area contributed by atoms with Crippen LogP contribution in [0, 0.1) is 0 Å². The van der Waals surface area contributed by atoms with Gasteiger partial charge in [0, 0.05) is 13.7 Å². The molecule has 0 spiro atoms. The van der Waals surface area contributed by atoms with Gasteiger partial charge in [0.05, 0.1) is 0 Å². The first-order valence-corrected chi connectivity index (χ1v) is 20.9. The number of rotatable bonds is 40. The highest BCUT2D eigenvalue weighted by Crippen LogP contribution is 2.17. The molecule has 1 nitrogen and oxygen atoms in total. The Morgan fingerprint density at radius 3 is 0.488 bits per heavy atom. The Bertz CT molecular complexity index is 406. The second kappa shape index (κ2) is 42.0. The molecule has 0 fully saturated rings. The van der Waals surface area contributed by atoms with E-state index in [1.807, 2.05) is 7.11 Å². The van der Waals surface area contributed by atoms with Crippen LogP contribution in [-0.2, 0) is 4.74 Å². The number of hydrogen-bond acceptors (Lipinski definition) is 1. The van der Waals surface area contributed by atoms with Gasteiger partial charge in [-0.2, -0.15) is 0 Å².